The molecule has 0 radical (unpaired) electrons. The number of nitrogens with one attached hydrogen (secondary N) is 2. The van der Waals surface area contributed by atoms with Gasteiger partial charge in [0.2, 0.25) is 0 Å². The van der Waals surface area contributed by atoms with E-state index in [0.717, 1.165) is 6.07 Å². The van der Waals surface area contributed by atoms with Gasteiger partial charge in [0.25, 0.3) is 0 Å². The van der Waals surface area contributed by atoms with E-state index in [1.807, 2.05) is 0 Å². The quantitative estimate of drug-likeness (QED) is 0.453. The highest BCUT2D eigenvalue weighted by Gasteiger charge is 2.19. The first-order chi connectivity index (χ1) is 10.4. The van der Waals surface area contributed by atoms with Crippen molar-refractivity contribution in [3.05, 3.63) is 53.8 Å². The fourth-order valence-corrected chi connectivity index (χ4v) is 1.56. The average Bonchev–Trinajstić information content (AvgIpc) is 2.50. The summed E-state index contributed by atoms with van der Waals surface area (Å²) in [6.45, 7) is 0. The molecule has 0 saturated heterocycles. The maximum Gasteiger partial charge on any atom is 0.314 e. The second-order valence-corrected chi connectivity index (χ2v) is 4.15. The molecule has 2 aromatic rings. The second kappa shape index (κ2) is 6.17. The summed E-state index contributed by atoms with van der Waals surface area (Å²) in [6, 6.07) is 7.00. The lowest BCUT2D eigenvalue weighted by Gasteiger charge is -2.08. The Morgan fingerprint density at radius 1 is 0.818 bits per heavy atom. The number of anilines is 2. The molecule has 0 aliphatic heterocycles. The zero-order chi connectivity index (χ0) is 16.3. The third-order valence-electron chi connectivity index (χ3n) is 2.64. The van der Waals surface area contributed by atoms with Crippen molar-refractivity contribution in [2.75, 3.05) is 10.6 Å². The predicted octanol–water partition coefficient (Wildman–Crippen LogP) is 2.39. The van der Waals surface area contributed by atoms with Gasteiger partial charge < -0.3 is 15.7 Å². The van der Waals surface area contributed by atoms with Gasteiger partial charge in [-0.2, -0.15) is 0 Å². The molecule has 0 spiro atoms. The van der Waals surface area contributed by atoms with Crippen LogP contribution in [0.3, 0.4) is 0 Å². The lowest BCUT2D eigenvalue weighted by Crippen LogP contribution is -2.29. The zero-order valence-electron chi connectivity index (χ0n) is 10.9. The predicted molar refractivity (Wildman–Crippen MR) is 71.7 cm³/mol. The molecule has 3 N–H and O–H groups in total. The van der Waals surface area contributed by atoms with Gasteiger partial charge in [-0.05, 0) is 24.3 Å². The first-order valence-corrected chi connectivity index (χ1v) is 5.94. The van der Waals surface area contributed by atoms with Crippen LogP contribution in [-0.4, -0.2) is 16.9 Å². The van der Waals surface area contributed by atoms with Crippen LogP contribution in [0.1, 0.15) is 0 Å². The van der Waals surface area contributed by atoms with Gasteiger partial charge in [-0.3, -0.25) is 9.59 Å². The number of carbonyl (C=O) groups excluding carboxylic acids is 2. The molecule has 8 heteroatoms. The van der Waals surface area contributed by atoms with E-state index < -0.39 is 35.0 Å². The van der Waals surface area contributed by atoms with Crippen LogP contribution in [-0.2, 0) is 9.59 Å². The molecule has 0 saturated carbocycles. The number of hydrogen-bond acceptors (Lipinski definition) is 3. The van der Waals surface area contributed by atoms with E-state index in [9.17, 15) is 27.9 Å². The summed E-state index contributed by atoms with van der Waals surface area (Å²) in [5.41, 5.74) is -0.718. The molecule has 2 aromatic carbocycles. The Morgan fingerprint density at radius 2 is 1.41 bits per heavy atom. The van der Waals surface area contributed by atoms with Crippen molar-refractivity contribution < 1.29 is 27.9 Å². The van der Waals surface area contributed by atoms with E-state index >= 15 is 0 Å². The Hall–Kier alpha value is -3.03. The number of aromatic hydroxyl groups is 1. The van der Waals surface area contributed by atoms with Crippen molar-refractivity contribution in [1.29, 1.82) is 0 Å². The van der Waals surface area contributed by atoms with Gasteiger partial charge in [-0.25, -0.2) is 13.2 Å². The molecule has 0 fully saturated rings. The Kier molecular flexibility index (Phi) is 4.31. The molecule has 0 unspecified atom stereocenters. The van der Waals surface area contributed by atoms with Crippen LogP contribution in [0, 0.1) is 17.5 Å². The van der Waals surface area contributed by atoms with Crippen LogP contribution in [0.25, 0.3) is 0 Å². The van der Waals surface area contributed by atoms with E-state index in [2.05, 4.69) is 5.32 Å². The highest BCUT2D eigenvalue weighted by Crippen LogP contribution is 2.22. The van der Waals surface area contributed by atoms with Crippen LogP contribution in [0.2, 0.25) is 0 Å². The van der Waals surface area contributed by atoms with Gasteiger partial charge in [-0.1, -0.05) is 12.1 Å². The molecule has 114 valence electrons. The molecule has 2 amide bonds. The van der Waals surface area contributed by atoms with E-state index in [0.29, 0.717) is 6.07 Å². The third kappa shape index (κ3) is 3.17. The minimum absolute atomic E-state index is 0.0339. The van der Waals surface area contributed by atoms with E-state index in [-0.39, 0.29) is 11.4 Å². The summed E-state index contributed by atoms with van der Waals surface area (Å²) < 4.78 is 39.1. The molecule has 2 rings (SSSR count). The smallest absolute Gasteiger partial charge is 0.314 e. The highest BCUT2D eigenvalue weighted by atomic mass is 19.2. The van der Waals surface area contributed by atoms with Gasteiger partial charge >= 0.3 is 11.8 Å². The fraction of sp³-hybridized carbons (Fsp3) is 0. The molecule has 5 nitrogen and oxygen atoms in total. The monoisotopic (exact) mass is 310 g/mol. The summed E-state index contributed by atoms with van der Waals surface area (Å²) in [7, 11) is 0. The third-order valence-corrected chi connectivity index (χ3v) is 2.64. The van der Waals surface area contributed by atoms with Crippen LogP contribution < -0.4 is 10.6 Å². The van der Waals surface area contributed by atoms with Gasteiger partial charge in [0.05, 0.1) is 11.4 Å². The van der Waals surface area contributed by atoms with Crippen molar-refractivity contribution >= 4 is 23.2 Å². The second-order valence-electron chi connectivity index (χ2n) is 4.15. The fourth-order valence-electron chi connectivity index (χ4n) is 1.56. The van der Waals surface area contributed by atoms with E-state index in [4.69, 9.17) is 0 Å². The van der Waals surface area contributed by atoms with Crippen molar-refractivity contribution in [3.63, 3.8) is 0 Å². The lowest BCUT2D eigenvalue weighted by molar-refractivity contribution is -0.133. The number of hydrogen-bond donors (Lipinski definition) is 3. The normalized spacial score (nSPS) is 10.1. The summed E-state index contributed by atoms with van der Waals surface area (Å²) in [4.78, 5) is 23.2. The molecular formula is C14H9F3N2O3. The maximum absolute atomic E-state index is 13.4. The SMILES string of the molecule is O=C(Nc1ccccc1O)C(=O)Nc1ccc(F)c(F)c1F. The Labute approximate surface area is 122 Å². The number of phenols is 1. The van der Waals surface area contributed by atoms with Crippen LogP contribution >= 0.6 is 0 Å². The number of benzene rings is 2. The number of amides is 2. The Balaban J connectivity index is 2.11. The van der Waals surface area contributed by atoms with Gasteiger partial charge in [-0.15, -0.1) is 0 Å². The topological polar surface area (TPSA) is 78.4 Å². The number of phenolic OH excluding ortho intramolecular Hbond substituents is 1. The minimum atomic E-state index is -1.76. The number of para-hydroxylation sites is 2. The molecule has 0 aromatic heterocycles. The Morgan fingerprint density at radius 3 is 2.05 bits per heavy atom. The molecule has 0 aliphatic rings. The van der Waals surface area contributed by atoms with Crippen molar-refractivity contribution in [2.45, 2.75) is 0 Å². The molecule has 0 atom stereocenters. The van der Waals surface area contributed by atoms with Crippen molar-refractivity contribution in [1.82, 2.24) is 0 Å². The number of rotatable bonds is 2. The average molecular weight is 310 g/mol. The Bertz CT molecular complexity index is 750. The standard InChI is InChI=1S/C14H9F3N2O3/c15-7-5-6-9(12(17)11(7)16)19-14(22)13(21)18-8-3-1-2-4-10(8)20/h1-6,20H,(H,18,21)(H,19,22). The van der Waals surface area contributed by atoms with Crippen LogP contribution in [0.4, 0.5) is 24.5 Å². The van der Waals surface area contributed by atoms with Crippen LogP contribution in [0.5, 0.6) is 5.75 Å². The minimum Gasteiger partial charge on any atom is -0.506 e. The van der Waals surface area contributed by atoms with Gasteiger partial charge in [0.15, 0.2) is 17.5 Å². The van der Waals surface area contributed by atoms with Crippen molar-refractivity contribution in [3.8, 4) is 5.75 Å². The first kappa shape index (κ1) is 15.4. The summed E-state index contributed by atoms with van der Waals surface area (Å²) in [5.74, 6) is -7.61. The van der Waals surface area contributed by atoms with Gasteiger partial charge in [0, 0.05) is 0 Å². The number of halogens is 3. The van der Waals surface area contributed by atoms with Gasteiger partial charge in [0.1, 0.15) is 5.75 Å². The summed E-state index contributed by atoms with van der Waals surface area (Å²) >= 11 is 0. The van der Waals surface area contributed by atoms with Crippen molar-refractivity contribution in [2.24, 2.45) is 0 Å². The molecule has 0 heterocycles. The molecular weight excluding hydrogens is 301 g/mol. The summed E-state index contributed by atoms with van der Waals surface area (Å²) in [5, 5.41) is 13.3. The lowest BCUT2D eigenvalue weighted by atomic mass is 10.2. The molecule has 0 bridgehead atoms. The maximum atomic E-state index is 13.4. The summed E-state index contributed by atoms with van der Waals surface area (Å²) in [6.07, 6.45) is 0. The van der Waals surface area contributed by atoms with E-state index in [1.54, 1.807) is 5.32 Å². The zero-order valence-corrected chi connectivity index (χ0v) is 10.9. The largest absolute Gasteiger partial charge is 0.506 e. The highest BCUT2D eigenvalue weighted by molar-refractivity contribution is 6.43. The first-order valence-electron chi connectivity index (χ1n) is 5.94. The van der Waals surface area contributed by atoms with Crippen LogP contribution in [0.15, 0.2) is 36.4 Å². The number of carbonyl (C=O) groups is 2. The van der Waals surface area contributed by atoms with E-state index in [1.165, 1.54) is 24.3 Å². The molecule has 0 aliphatic carbocycles. The molecule has 22 heavy (non-hydrogen) atoms.